The van der Waals surface area contributed by atoms with E-state index in [2.05, 4.69) is 191 Å². The third kappa shape index (κ3) is 4.32. The third-order valence-corrected chi connectivity index (χ3v) is 13.0. The van der Waals surface area contributed by atoms with E-state index in [1.54, 1.807) is 11.3 Å². The molecule has 0 aliphatic heterocycles. The number of fused-ring (bicyclic) bond motifs is 13. The molecule has 13 rings (SSSR count). The van der Waals surface area contributed by atoms with Crippen molar-refractivity contribution in [3.63, 3.8) is 0 Å². The van der Waals surface area contributed by atoms with E-state index in [1.165, 1.54) is 75.7 Å². The fourth-order valence-electron chi connectivity index (χ4n) is 9.37. The SMILES string of the molecule is c1ccc(-c2ccc(-c3nc(-c4ccc(-n5c6ccccc6c6c7c8ccccc8n8c9ccccc9c(cc65)c78)cc4)nc4c3sc3ccccc34)cc2)cc1. The summed E-state index contributed by atoms with van der Waals surface area (Å²) in [5.74, 6) is 0.723. The molecular weight excluding hydrogens is 713 g/mol. The minimum Gasteiger partial charge on any atom is -0.309 e. The topological polar surface area (TPSA) is 35.1 Å². The lowest BCUT2D eigenvalue weighted by Gasteiger charge is -2.11. The van der Waals surface area contributed by atoms with Crippen LogP contribution in [0.25, 0.3) is 120 Å². The zero-order valence-electron chi connectivity index (χ0n) is 30.5. The molecule has 0 aliphatic rings. The lowest BCUT2D eigenvalue weighted by atomic mass is 10.0. The van der Waals surface area contributed by atoms with Crippen molar-refractivity contribution in [3.05, 3.63) is 182 Å². The predicted octanol–water partition coefficient (Wildman–Crippen LogP) is 14.1. The minimum atomic E-state index is 0.723. The van der Waals surface area contributed by atoms with E-state index >= 15 is 0 Å². The highest BCUT2D eigenvalue weighted by atomic mass is 32.1. The van der Waals surface area contributed by atoms with Crippen LogP contribution in [0.1, 0.15) is 0 Å². The molecule has 4 nitrogen and oxygen atoms in total. The molecule has 0 N–H and O–H groups in total. The van der Waals surface area contributed by atoms with Gasteiger partial charge >= 0.3 is 0 Å². The third-order valence-electron chi connectivity index (χ3n) is 11.9. The molecule has 0 fully saturated rings. The van der Waals surface area contributed by atoms with E-state index in [4.69, 9.17) is 9.97 Å². The molecule has 0 saturated heterocycles. The van der Waals surface area contributed by atoms with Crippen LogP contribution in [-0.4, -0.2) is 18.9 Å². The molecule has 264 valence electrons. The van der Waals surface area contributed by atoms with Crippen molar-refractivity contribution < 1.29 is 0 Å². The molecule has 8 aromatic carbocycles. The average molecular weight is 743 g/mol. The number of thiophene rings is 1. The van der Waals surface area contributed by atoms with Crippen LogP contribution in [0, 0.1) is 0 Å². The maximum Gasteiger partial charge on any atom is 0.160 e. The van der Waals surface area contributed by atoms with Crippen molar-refractivity contribution in [2.75, 3.05) is 0 Å². The second-order valence-corrected chi connectivity index (χ2v) is 16.0. The smallest absolute Gasteiger partial charge is 0.160 e. The van der Waals surface area contributed by atoms with E-state index in [0.29, 0.717) is 0 Å². The molecule has 0 atom stereocenters. The molecular formula is C52H30N4S. The maximum absolute atomic E-state index is 5.33. The van der Waals surface area contributed by atoms with Gasteiger partial charge in [-0.25, -0.2) is 9.97 Å². The van der Waals surface area contributed by atoms with Crippen LogP contribution in [0.5, 0.6) is 0 Å². The Kier molecular flexibility index (Phi) is 6.29. The Hall–Kier alpha value is -7.34. The minimum absolute atomic E-state index is 0.723. The summed E-state index contributed by atoms with van der Waals surface area (Å²) < 4.78 is 7.23. The molecule has 5 heteroatoms. The monoisotopic (exact) mass is 742 g/mol. The molecule has 5 heterocycles. The Morgan fingerprint density at radius 1 is 0.404 bits per heavy atom. The van der Waals surface area contributed by atoms with Gasteiger partial charge in [0, 0.05) is 59.2 Å². The van der Waals surface area contributed by atoms with Gasteiger partial charge in [-0.1, -0.05) is 127 Å². The fourth-order valence-corrected chi connectivity index (χ4v) is 10.5. The first-order valence-electron chi connectivity index (χ1n) is 19.3. The number of hydrogen-bond donors (Lipinski definition) is 0. The van der Waals surface area contributed by atoms with Gasteiger partial charge in [0.25, 0.3) is 0 Å². The van der Waals surface area contributed by atoms with E-state index in [9.17, 15) is 0 Å². The van der Waals surface area contributed by atoms with E-state index in [1.807, 2.05) is 0 Å². The van der Waals surface area contributed by atoms with E-state index in [0.717, 1.165) is 43.9 Å². The first-order chi connectivity index (χ1) is 28.3. The molecule has 0 spiro atoms. The largest absolute Gasteiger partial charge is 0.309 e. The standard InChI is InChI=1S/C52H30N4S/c1-2-12-31(13-3-1)32-22-24-33(25-23-32)48-51-49(39-17-7-11-21-45(39)57-51)54-52(53-48)34-26-28-35(29-27-34)55-42-19-9-5-15-37(42)46-44(55)30-40-36-14-4-8-18-41(36)56-43-20-10-6-16-38(43)47(46)50(40)56/h1-30H. The van der Waals surface area contributed by atoms with Gasteiger partial charge in [-0.05, 0) is 65.7 Å². The van der Waals surface area contributed by atoms with Crippen molar-refractivity contribution in [2.45, 2.75) is 0 Å². The predicted molar refractivity (Wildman–Crippen MR) is 240 cm³/mol. The summed E-state index contributed by atoms with van der Waals surface area (Å²) in [4.78, 5) is 10.6. The Morgan fingerprint density at radius 2 is 0.982 bits per heavy atom. The average Bonchev–Trinajstić information content (AvgIpc) is 4.02. The summed E-state index contributed by atoms with van der Waals surface area (Å²) in [5.41, 5.74) is 13.7. The molecule has 0 saturated carbocycles. The highest BCUT2D eigenvalue weighted by molar-refractivity contribution is 7.26. The van der Waals surface area contributed by atoms with Crippen LogP contribution in [0.2, 0.25) is 0 Å². The van der Waals surface area contributed by atoms with Gasteiger partial charge in [0.2, 0.25) is 0 Å². The molecule has 0 radical (unpaired) electrons. The lowest BCUT2D eigenvalue weighted by Crippen LogP contribution is -1.96. The lowest BCUT2D eigenvalue weighted by molar-refractivity contribution is 1.18. The summed E-state index contributed by atoms with van der Waals surface area (Å²) >= 11 is 1.77. The van der Waals surface area contributed by atoms with E-state index < -0.39 is 0 Å². The summed E-state index contributed by atoms with van der Waals surface area (Å²) in [7, 11) is 0. The Morgan fingerprint density at radius 3 is 1.75 bits per heavy atom. The Labute approximate surface area is 330 Å². The quantitative estimate of drug-likeness (QED) is 0.180. The molecule has 13 aromatic rings. The highest BCUT2D eigenvalue weighted by Gasteiger charge is 2.24. The molecule has 0 amide bonds. The molecule has 0 bridgehead atoms. The number of benzene rings is 8. The first-order valence-corrected chi connectivity index (χ1v) is 20.2. The number of nitrogens with zero attached hydrogens (tertiary/aromatic N) is 4. The van der Waals surface area contributed by atoms with Gasteiger partial charge in [0.05, 0.1) is 43.5 Å². The number of para-hydroxylation sites is 3. The van der Waals surface area contributed by atoms with E-state index in [-0.39, 0.29) is 0 Å². The van der Waals surface area contributed by atoms with Crippen molar-refractivity contribution in [2.24, 2.45) is 0 Å². The van der Waals surface area contributed by atoms with Gasteiger partial charge in [-0.3, -0.25) is 0 Å². The Bertz CT molecular complexity index is 3720. The van der Waals surface area contributed by atoms with Crippen molar-refractivity contribution in [1.82, 2.24) is 18.9 Å². The van der Waals surface area contributed by atoms with Crippen LogP contribution in [0.15, 0.2) is 182 Å². The van der Waals surface area contributed by atoms with Gasteiger partial charge in [0.15, 0.2) is 5.82 Å². The van der Waals surface area contributed by atoms with Crippen LogP contribution in [0.3, 0.4) is 0 Å². The summed E-state index contributed by atoms with van der Waals surface area (Å²) in [6, 6.07) is 65.6. The molecule has 57 heavy (non-hydrogen) atoms. The zero-order chi connectivity index (χ0) is 37.2. The van der Waals surface area contributed by atoms with Gasteiger partial charge < -0.3 is 8.97 Å². The Balaban J connectivity index is 1.01. The summed E-state index contributed by atoms with van der Waals surface area (Å²) in [6.45, 7) is 0. The zero-order valence-corrected chi connectivity index (χ0v) is 31.3. The van der Waals surface area contributed by atoms with Gasteiger partial charge in [-0.2, -0.15) is 0 Å². The number of aromatic nitrogens is 4. The molecule has 5 aromatic heterocycles. The second-order valence-electron chi connectivity index (χ2n) is 14.9. The summed E-state index contributed by atoms with van der Waals surface area (Å²) in [5, 5.41) is 8.85. The van der Waals surface area contributed by atoms with Crippen LogP contribution >= 0.6 is 11.3 Å². The van der Waals surface area contributed by atoms with Crippen LogP contribution < -0.4 is 0 Å². The molecule has 0 aliphatic carbocycles. The first kappa shape index (κ1) is 30.9. The molecule has 0 unspecified atom stereocenters. The van der Waals surface area contributed by atoms with Crippen molar-refractivity contribution >= 4 is 91.5 Å². The highest BCUT2D eigenvalue weighted by Crippen LogP contribution is 2.47. The second kappa shape index (κ2) is 11.6. The van der Waals surface area contributed by atoms with Crippen LogP contribution in [0.4, 0.5) is 0 Å². The number of rotatable bonds is 4. The number of hydrogen-bond acceptors (Lipinski definition) is 3. The van der Waals surface area contributed by atoms with Crippen molar-refractivity contribution in [1.29, 1.82) is 0 Å². The fraction of sp³-hybridized carbons (Fsp3) is 0. The van der Waals surface area contributed by atoms with Gasteiger partial charge in [-0.15, -0.1) is 11.3 Å². The van der Waals surface area contributed by atoms with Crippen molar-refractivity contribution in [3.8, 4) is 39.5 Å². The maximum atomic E-state index is 5.33. The van der Waals surface area contributed by atoms with Crippen LogP contribution in [-0.2, 0) is 0 Å². The normalized spacial score (nSPS) is 12.2. The van der Waals surface area contributed by atoms with Gasteiger partial charge in [0.1, 0.15) is 0 Å². The summed E-state index contributed by atoms with van der Waals surface area (Å²) in [6.07, 6.45) is 0.